The SMILES string of the molecule is CCc1oc2ccccc2c1CC1CNCCN1. The van der Waals surface area contributed by atoms with Gasteiger partial charge >= 0.3 is 0 Å². The predicted molar refractivity (Wildman–Crippen MR) is 74.0 cm³/mol. The Labute approximate surface area is 108 Å². The van der Waals surface area contributed by atoms with Gasteiger partial charge in [-0.3, -0.25) is 0 Å². The van der Waals surface area contributed by atoms with Crippen LogP contribution in [-0.4, -0.2) is 25.7 Å². The molecule has 18 heavy (non-hydrogen) atoms. The summed E-state index contributed by atoms with van der Waals surface area (Å²) in [6, 6.07) is 8.88. The van der Waals surface area contributed by atoms with E-state index in [2.05, 4.69) is 35.8 Å². The van der Waals surface area contributed by atoms with Crippen LogP contribution in [0.25, 0.3) is 11.0 Å². The Hall–Kier alpha value is -1.32. The first-order chi connectivity index (χ1) is 8.88. The summed E-state index contributed by atoms with van der Waals surface area (Å²) >= 11 is 0. The third kappa shape index (κ3) is 2.16. The average Bonchev–Trinajstić information content (AvgIpc) is 2.78. The summed E-state index contributed by atoms with van der Waals surface area (Å²) < 4.78 is 5.94. The van der Waals surface area contributed by atoms with Gasteiger partial charge in [0, 0.05) is 43.0 Å². The molecule has 1 atom stereocenters. The summed E-state index contributed by atoms with van der Waals surface area (Å²) in [6.45, 7) is 5.33. The van der Waals surface area contributed by atoms with Gasteiger partial charge in [0.05, 0.1) is 0 Å². The Morgan fingerprint density at radius 1 is 1.28 bits per heavy atom. The van der Waals surface area contributed by atoms with Crippen LogP contribution in [0.4, 0.5) is 0 Å². The Morgan fingerprint density at radius 3 is 2.94 bits per heavy atom. The Morgan fingerprint density at radius 2 is 2.17 bits per heavy atom. The molecule has 2 aromatic rings. The van der Waals surface area contributed by atoms with Crippen LogP contribution in [0.3, 0.4) is 0 Å². The summed E-state index contributed by atoms with van der Waals surface area (Å²) in [5.74, 6) is 1.14. The highest BCUT2D eigenvalue weighted by molar-refractivity contribution is 5.82. The number of hydrogen-bond acceptors (Lipinski definition) is 3. The van der Waals surface area contributed by atoms with Gasteiger partial charge in [-0.05, 0) is 12.5 Å². The summed E-state index contributed by atoms with van der Waals surface area (Å²) in [4.78, 5) is 0. The molecule has 1 fully saturated rings. The molecule has 0 amide bonds. The Kier molecular flexibility index (Phi) is 3.35. The van der Waals surface area contributed by atoms with E-state index in [4.69, 9.17) is 4.42 Å². The van der Waals surface area contributed by atoms with Crippen LogP contribution in [0.2, 0.25) is 0 Å². The highest BCUT2D eigenvalue weighted by Gasteiger charge is 2.18. The van der Waals surface area contributed by atoms with Crippen molar-refractivity contribution in [1.29, 1.82) is 0 Å². The fourth-order valence-electron chi connectivity index (χ4n) is 2.76. The minimum Gasteiger partial charge on any atom is -0.461 e. The van der Waals surface area contributed by atoms with E-state index in [1.165, 1.54) is 10.9 Å². The lowest BCUT2D eigenvalue weighted by molar-refractivity contribution is 0.414. The first-order valence-electron chi connectivity index (χ1n) is 6.82. The largest absolute Gasteiger partial charge is 0.461 e. The molecule has 0 saturated carbocycles. The molecule has 1 saturated heterocycles. The molecule has 1 aliphatic rings. The Balaban J connectivity index is 1.93. The number of para-hydroxylation sites is 1. The minimum atomic E-state index is 0.519. The zero-order valence-corrected chi connectivity index (χ0v) is 10.8. The van der Waals surface area contributed by atoms with Gasteiger partial charge in [-0.1, -0.05) is 25.1 Å². The van der Waals surface area contributed by atoms with Crippen molar-refractivity contribution in [3.8, 4) is 0 Å². The Bertz CT molecular complexity index is 526. The number of aryl methyl sites for hydroxylation is 1. The molecule has 2 heterocycles. The van der Waals surface area contributed by atoms with Crippen molar-refractivity contribution in [1.82, 2.24) is 10.6 Å². The summed E-state index contributed by atoms with van der Waals surface area (Å²) in [6.07, 6.45) is 2.01. The van der Waals surface area contributed by atoms with Gasteiger partial charge in [-0.15, -0.1) is 0 Å². The van der Waals surface area contributed by atoms with E-state index < -0.39 is 0 Å². The van der Waals surface area contributed by atoms with Crippen LogP contribution >= 0.6 is 0 Å². The second kappa shape index (κ2) is 5.12. The van der Waals surface area contributed by atoms with Gasteiger partial charge in [0.25, 0.3) is 0 Å². The summed E-state index contributed by atoms with van der Waals surface area (Å²) in [5.41, 5.74) is 2.41. The van der Waals surface area contributed by atoms with Crippen molar-refractivity contribution >= 4 is 11.0 Å². The van der Waals surface area contributed by atoms with Gasteiger partial charge in [-0.25, -0.2) is 0 Å². The molecule has 0 bridgehead atoms. The maximum Gasteiger partial charge on any atom is 0.134 e. The van der Waals surface area contributed by atoms with E-state index >= 15 is 0 Å². The number of rotatable bonds is 3. The quantitative estimate of drug-likeness (QED) is 0.868. The van der Waals surface area contributed by atoms with Gasteiger partial charge in [0.2, 0.25) is 0 Å². The molecular formula is C15H20N2O. The lowest BCUT2D eigenvalue weighted by Gasteiger charge is -2.24. The number of fused-ring (bicyclic) bond motifs is 1. The van der Waals surface area contributed by atoms with Crippen molar-refractivity contribution in [3.63, 3.8) is 0 Å². The van der Waals surface area contributed by atoms with Crippen LogP contribution in [0, 0.1) is 0 Å². The van der Waals surface area contributed by atoms with Gasteiger partial charge in [-0.2, -0.15) is 0 Å². The van der Waals surface area contributed by atoms with Crippen LogP contribution in [0.5, 0.6) is 0 Å². The van der Waals surface area contributed by atoms with Gasteiger partial charge in [0.15, 0.2) is 0 Å². The second-order valence-corrected chi connectivity index (χ2v) is 4.91. The molecule has 1 unspecified atom stereocenters. The molecule has 0 radical (unpaired) electrons. The molecule has 2 N–H and O–H groups in total. The zero-order chi connectivity index (χ0) is 12.4. The molecule has 0 spiro atoms. The van der Waals surface area contributed by atoms with E-state index in [-0.39, 0.29) is 0 Å². The normalized spacial score (nSPS) is 20.4. The smallest absolute Gasteiger partial charge is 0.134 e. The average molecular weight is 244 g/mol. The van der Waals surface area contributed by atoms with Crippen LogP contribution in [0.1, 0.15) is 18.2 Å². The molecule has 3 heteroatoms. The van der Waals surface area contributed by atoms with E-state index in [0.29, 0.717) is 6.04 Å². The molecule has 0 aliphatic carbocycles. The predicted octanol–water partition coefficient (Wildman–Crippen LogP) is 2.10. The molecule has 1 aliphatic heterocycles. The standard InChI is InChI=1S/C15H20N2O/c1-2-14-13(9-11-10-16-7-8-17-11)12-5-3-4-6-15(12)18-14/h3-6,11,16-17H,2,7-10H2,1H3. The number of nitrogens with one attached hydrogen (secondary N) is 2. The van der Waals surface area contributed by atoms with Gasteiger partial charge in [0.1, 0.15) is 11.3 Å². The van der Waals surface area contributed by atoms with E-state index in [1.807, 2.05) is 6.07 Å². The lowest BCUT2D eigenvalue weighted by Crippen LogP contribution is -2.49. The number of benzene rings is 1. The number of piperazine rings is 1. The van der Waals surface area contributed by atoms with Crippen molar-refractivity contribution in [2.24, 2.45) is 0 Å². The molecule has 96 valence electrons. The van der Waals surface area contributed by atoms with Crippen molar-refractivity contribution < 1.29 is 4.42 Å². The van der Waals surface area contributed by atoms with Crippen molar-refractivity contribution in [3.05, 3.63) is 35.6 Å². The number of hydrogen-bond donors (Lipinski definition) is 2. The maximum absolute atomic E-state index is 5.94. The molecule has 1 aromatic heterocycles. The fraction of sp³-hybridized carbons (Fsp3) is 0.467. The third-order valence-corrected chi connectivity index (χ3v) is 3.68. The first kappa shape index (κ1) is 11.8. The minimum absolute atomic E-state index is 0.519. The highest BCUT2D eigenvalue weighted by atomic mass is 16.3. The zero-order valence-electron chi connectivity index (χ0n) is 10.8. The van der Waals surface area contributed by atoms with Crippen LogP contribution in [0.15, 0.2) is 28.7 Å². The topological polar surface area (TPSA) is 37.2 Å². The van der Waals surface area contributed by atoms with Crippen molar-refractivity contribution in [2.45, 2.75) is 25.8 Å². The fourth-order valence-corrected chi connectivity index (χ4v) is 2.76. The van der Waals surface area contributed by atoms with Crippen LogP contribution in [-0.2, 0) is 12.8 Å². The van der Waals surface area contributed by atoms with Crippen LogP contribution < -0.4 is 10.6 Å². The summed E-state index contributed by atoms with van der Waals surface area (Å²) in [5, 5.41) is 8.29. The number of furan rings is 1. The highest BCUT2D eigenvalue weighted by Crippen LogP contribution is 2.27. The van der Waals surface area contributed by atoms with Crippen molar-refractivity contribution in [2.75, 3.05) is 19.6 Å². The second-order valence-electron chi connectivity index (χ2n) is 4.91. The molecule has 1 aromatic carbocycles. The summed E-state index contributed by atoms with van der Waals surface area (Å²) in [7, 11) is 0. The molecular weight excluding hydrogens is 224 g/mol. The third-order valence-electron chi connectivity index (χ3n) is 3.68. The lowest BCUT2D eigenvalue weighted by atomic mass is 10.0. The monoisotopic (exact) mass is 244 g/mol. The maximum atomic E-state index is 5.94. The van der Waals surface area contributed by atoms with E-state index in [1.54, 1.807) is 0 Å². The molecule has 3 rings (SSSR count). The van der Waals surface area contributed by atoms with E-state index in [0.717, 1.165) is 43.8 Å². The van der Waals surface area contributed by atoms with Gasteiger partial charge < -0.3 is 15.1 Å². The first-order valence-corrected chi connectivity index (χ1v) is 6.82. The molecule has 3 nitrogen and oxygen atoms in total. The van der Waals surface area contributed by atoms with E-state index in [9.17, 15) is 0 Å².